The maximum absolute atomic E-state index is 11.9. The minimum absolute atomic E-state index is 0.0114. The molecule has 0 saturated carbocycles. The minimum Gasteiger partial charge on any atom is -0.383 e. The highest BCUT2D eigenvalue weighted by Crippen LogP contribution is 2.38. The van der Waals surface area contributed by atoms with E-state index >= 15 is 0 Å². The van der Waals surface area contributed by atoms with Crippen LogP contribution in [0.15, 0.2) is 10.5 Å². The molecule has 1 aliphatic heterocycles. The number of likely N-dealkylation sites (tertiary alicyclic amines) is 1. The second kappa shape index (κ2) is 5.69. The van der Waals surface area contributed by atoms with Crippen LogP contribution in [0.25, 0.3) is 0 Å². The summed E-state index contributed by atoms with van der Waals surface area (Å²) in [5.74, 6) is 0.117. The van der Waals surface area contributed by atoms with E-state index in [1.165, 1.54) is 4.88 Å². The number of methoxy groups -OCH3 is 1. The van der Waals surface area contributed by atoms with E-state index < -0.39 is 0 Å². The Morgan fingerprint density at radius 2 is 2.39 bits per heavy atom. The molecule has 1 amide bonds. The van der Waals surface area contributed by atoms with Crippen LogP contribution in [0.2, 0.25) is 0 Å². The molecule has 18 heavy (non-hydrogen) atoms. The smallest absolute Gasteiger partial charge is 0.224 e. The van der Waals surface area contributed by atoms with Crippen LogP contribution in [-0.4, -0.2) is 37.1 Å². The number of nitrogens with two attached hydrogens (primary N) is 1. The van der Waals surface area contributed by atoms with E-state index in [2.05, 4.69) is 28.9 Å². The molecular formula is C12H17BrN2O2S. The van der Waals surface area contributed by atoms with Gasteiger partial charge in [0.1, 0.15) is 0 Å². The Balaban J connectivity index is 2.24. The number of hydrogen-bond acceptors (Lipinski definition) is 4. The topological polar surface area (TPSA) is 55.6 Å². The SMILES string of the molecule is COCCN1C(=O)CC(N)C1c1cc(Br)c(C)s1. The zero-order valence-electron chi connectivity index (χ0n) is 10.5. The van der Waals surface area contributed by atoms with Gasteiger partial charge < -0.3 is 15.4 Å². The Hall–Kier alpha value is -0.430. The van der Waals surface area contributed by atoms with Crippen molar-refractivity contribution < 1.29 is 9.53 Å². The highest BCUT2D eigenvalue weighted by atomic mass is 79.9. The van der Waals surface area contributed by atoms with Crippen molar-refractivity contribution in [3.05, 3.63) is 20.3 Å². The van der Waals surface area contributed by atoms with Crippen LogP contribution in [0.3, 0.4) is 0 Å². The molecule has 2 N–H and O–H groups in total. The average molecular weight is 333 g/mol. The quantitative estimate of drug-likeness (QED) is 0.918. The van der Waals surface area contributed by atoms with Gasteiger partial charge in [-0.1, -0.05) is 0 Å². The Kier molecular flexibility index (Phi) is 4.42. The predicted octanol–water partition coefficient (Wildman–Crippen LogP) is 2.07. The summed E-state index contributed by atoms with van der Waals surface area (Å²) in [6.45, 7) is 3.20. The number of amides is 1. The van der Waals surface area contributed by atoms with Gasteiger partial charge in [-0.15, -0.1) is 11.3 Å². The molecule has 1 aliphatic rings. The highest BCUT2D eigenvalue weighted by molar-refractivity contribution is 9.10. The van der Waals surface area contributed by atoms with E-state index in [-0.39, 0.29) is 18.0 Å². The molecule has 0 aromatic carbocycles. The van der Waals surface area contributed by atoms with Crippen molar-refractivity contribution in [1.29, 1.82) is 0 Å². The summed E-state index contributed by atoms with van der Waals surface area (Å²) in [5, 5.41) is 0. The summed E-state index contributed by atoms with van der Waals surface area (Å²) in [7, 11) is 1.64. The third kappa shape index (κ3) is 2.61. The number of carbonyl (C=O) groups excluding carboxylic acids is 1. The van der Waals surface area contributed by atoms with Crippen molar-refractivity contribution in [2.75, 3.05) is 20.3 Å². The first kappa shape index (κ1) is 14.0. The number of aryl methyl sites for hydroxylation is 1. The van der Waals surface area contributed by atoms with Gasteiger partial charge in [0.2, 0.25) is 5.91 Å². The number of halogens is 1. The molecule has 2 atom stereocenters. The lowest BCUT2D eigenvalue weighted by Gasteiger charge is -2.25. The molecule has 1 aromatic heterocycles. The lowest BCUT2D eigenvalue weighted by Crippen LogP contribution is -2.34. The third-order valence-corrected chi connectivity index (χ3v) is 5.38. The number of ether oxygens (including phenoxy) is 1. The van der Waals surface area contributed by atoms with Gasteiger partial charge in [-0.3, -0.25) is 4.79 Å². The molecule has 2 heterocycles. The van der Waals surface area contributed by atoms with Crippen LogP contribution in [0.4, 0.5) is 0 Å². The molecule has 0 aliphatic carbocycles. The average Bonchev–Trinajstić information content (AvgIpc) is 2.77. The van der Waals surface area contributed by atoms with Gasteiger partial charge in [0.15, 0.2) is 0 Å². The molecule has 0 spiro atoms. The van der Waals surface area contributed by atoms with Crippen LogP contribution in [0, 0.1) is 6.92 Å². The zero-order valence-corrected chi connectivity index (χ0v) is 12.9. The fraction of sp³-hybridized carbons (Fsp3) is 0.583. The van der Waals surface area contributed by atoms with E-state index in [1.54, 1.807) is 18.4 Å². The van der Waals surface area contributed by atoms with Crippen LogP contribution >= 0.6 is 27.3 Å². The Morgan fingerprint density at radius 3 is 2.94 bits per heavy atom. The minimum atomic E-state index is -0.126. The Morgan fingerprint density at radius 1 is 1.67 bits per heavy atom. The molecule has 1 saturated heterocycles. The molecule has 2 unspecified atom stereocenters. The second-order valence-corrected chi connectivity index (χ2v) is 6.59. The van der Waals surface area contributed by atoms with Gasteiger partial charge in [-0.25, -0.2) is 0 Å². The van der Waals surface area contributed by atoms with Crippen molar-refractivity contribution in [1.82, 2.24) is 4.90 Å². The van der Waals surface area contributed by atoms with Crippen molar-refractivity contribution in [2.24, 2.45) is 5.73 Å². The van der Waals surface area contributed by atoms with Gasteiger partial charge >= 0.3 is 0 Å². The van der Waals surface area contributed by atoms with Crippen molar-refractivity contribution >= 4 is 33.2 Å². The fourth-order valence-electron chi connectivity index (χ4n) is 2.26. The molecule has 1 aromatic rings. The van der Waals surface area contributed by atoms with Crippen molar-refractivity contribution in [3.8, 4) is 0 Å². The number of carbonyl (C=O) groups is 1. The standard InChI is InChI=1S/C12H17BrN2O2S/c1-7-8(13)5-10(18-7)12-9(14)6-11(16)15(12)3-4-17-2/h5,9,12H,3-4,6,14H2,1-2H3. The summed E-state index contributed by atoms with van der Waals surface area (Å²) in [6.07, 6.45) is 0.420. The fourth-order valence-corrected chi connectivity index (χ4v) is 4.01. The largest absolute Gasteiger partial charge is 0.383 e. The van der Waals surface area contributed by atoms with Crippen molar-refractivity contribution in [3.63, 3.8) is 0 Å². The summed E-state index contributed by atoms with van der Waals surface area (Å²) < 4.78 is 6.14. The molecule has 0 radical (unpaired) electrons. The Bertz CT molecular complexity index is 430. The first-order valence-corrected chi connectivity index (χ1v) is 7.45. The lowest BCUT2D eigenvalue weighted by molar-refractivity contribution is -0.129. The van der Waals surface area contributed by atoms with E-state index in [9.17, 15) is 4.79 Å². The third-order valence-electron chi connectivity index (χ3n) is 3.18. The van der Waals surface area contributed by atoms with Gasteiger partial charge in [-0.2, -0.15) is 0 Å². The normalized spacial score (nSPS) is 24.0. The van der Waals surface area contributed by atoms with Crippen molar-refractivity contribution in [2.45, 2.75) is 25.4 Å². The van der Waals surface area contributed by atoms with E-state index in [0.29, 0.717) is 19.6 Å². The predicted molar refractivity (Wildman–Crippen MR) is 75.7 cm³/mol. The summed E-state index contributed by atoms with van der Waals surface area (Å²) in [5.41, 5.74) is 6.11. The first-order valence-electron chi connectivity index (χ1n) is 5.84. The number of rotatable bonds is 4. The second-order valence-electron chi connectivity index (χ2n) is 4.45. The molecule has 100 valence electrons. The maximum Gasteiger partial charge on any atom is 0.224 e. The lowest BCUT2D eigenvalue weighted by atomic mass is 10.1. The van der Waals surface area contributed by atoms with Crippen LogP contribution in [0.1, 0.15) is 22.2 Å². The molecule has 1 fully saturated rings. The highest BCUT2D eigenvalue weighted by Gasteiger charge is 2.39. The van der Waals surface area contributed by atoms with Gasteiger partial charge in [0.05, 0.1) is 12.6 Å². The molecule has 4 nitrogen and oxygen atoms in total. The summed E-state index contributed by atoms with van der Waals surface area (Å²) in [4.78, 5) is 16.1. The zero-order chi connectivity index (χ0) is 13.3. The molecule has 2 rings (SSSR count). The first-order chi connectivity index (χ1) is 8.54. The van der Waals surface area contributed by atoms with Gasteiger partial charge in [0.25, 0.3) is 0 Å². The van der Waals surface area contributed by atoms with Crippen LogP contribution in [0.5, 0.6) is 0 Å². The Labute approximate surface area is 119 Å². The maximum atomic E-state index is 11.9. The summed E-state index contributed by atoms with van der Waals surface area (Å²) >= 11 is 5.21. The number of thiophene rings is 1. The molecular weight excluding hydrogens is 316 g/mol. The number of nitrogens with zero attached hydrogens (tertiary/aromatic N) is 1. The molecule has 6 heteroatoms. The van der Waals surface area contributed by atoms with E-state index in [0.717, 1.165) is 9.35 Å². The van der Waals surface area contributed by atoms with Gasteiger partial charge in [-0.05, 0) is 28.9 Å². The van der Waals surface area contributed by atoms with Gasteiger partial charge in [0, 0.05) is 40.3 Å². The van der Waals surface area contributed by atoms with E-state index in [4.69, 9.17) is 10.5 Å². The summed E-state index contributed by atoms with van der Waals surface area (Å²) in [6, 6.07) is 1.94. The van der Waals surface area contributed by atoms with Crippen LogP contribution in [-0.2, 0) is 9.53 Å². The van der Waals surface area contributed by atoms with E-state index in [1.807, 2.05) is 4.90 Å². The monoisotopic (exact) mass is 332 g/mol. The number of hydrogen-bond donors (Lipinski definition) is 1. The van der Waals surface area contributed by atoms with Crippen LogP contribution < -0.4 is 5.73 Å². The molecule has 0 bridgehead atoms.